The second-order valence-electron chi connectivity index (χ2n) is 6.53. The van der Waals surface area contributed by atoms with Crippen LogP contribution in [0.15, 0.2) is 39.7 Å². The van der Waals surface area contributed by atoms with Crippen LogP contribution in [0.5, 0.6) is 0 Å². The third-order valence-electron chi connectivity index (χ3n) is 4.68. The van der Waals surface area contributed by atoms with Crippen LogP contribution in [0.2, 0.25) is 0 Å². The lowest BCUT2D eigenvalue weighted by Crippen LogP contribution is -2.36. The molecule has 2 aromatic rings. The zero-order valence-corrected chi connectivity index (χ0v) is 17.0. The van der Waals surface area contributed by atoms with Crippen molar-refractivity contribution in [3.63, 3.8) is 0 Å². The average molecular weight is 399 g/mol. The van der Waals surface area contributed by atoms with E-state index in [-0.39, 0.29) is 17.2 Å². The van der Waals surface area contributed by atoms with E-state index in [4.69, 9.17) is 9.15 Å². The third-order valence-corrected chi connectivity index (χ3v) is 5.56. The minimum atomic E-state index is -0.424. The van der Waals surface area contributed by atoms with E-state index in [1.54, 1.807) is 30.3 Å². The van der Waals surface area contributed by atoms with Gasteiger partial charge in [-0.05, 0) is 61.9 Å². The molecule has 7 heteroatoms. The number of carbonyl (C=O) groups is 3. The number of benzene rings is 1. The predicted octanol–water partition coefficient (Wildman–Crippen LogP) is 4.88. The van der Waals surface area contributed by atoms with Crippen molar-refractivity contribution in [3.05, 3.63) is 52.1 Å². The summed E-state index contributed by atoms with van der Waals surface area (Å²) < 4.78 is 10.6. The molecule has 1 aliphatic rings. The van der Waals surface area contributed by atoms with Gasteiger partial charge in [0.2, 0.25) is 0 Å². The van der Waals surface area contributed by atoms with E-state index in [0.29, 0.717) is 28.4 Å². The molecule has 0 saturated carbocycles. The Bertz CT molecular complexity index is 975. The van der Waals surface area contributed by atoms with E-state index in [2.05, 4.69) is 0 Å². The van der Waals surface area contributed by atoms with Gasteiger partial charge in [-0.2, -0.15) is 0 Å². The molecule has 1 saturated heterocycles. The SMILES string of the molecule is CC[C@@H](C)N1C(=O)S/C(=C/c2ccc(-c3cc(C(=O)OC)ccc3C)o2)C1=O. The van der Waals surface area contributed by atoms with Crippen LogP contribution in [0.1, 0.15) is 41.9 Å². The topological polar surface area (TPSA) is 76.8 Å². The number of ether oxygens (including phenoxy) is 1. The highest BCUT2D eigenvalue weighted by molar-refractivity contribution is 8.18. The Kier molecular flexibility index (Phi) is 5.74. The Morgan fingerprint density at radius 1 is 1.29 bits per heavy atom. The van der Waals surface area contributed by atoms with Crippen LogP contribution in [0.3, 0.4) is 0 Å². The number of amides is 2. The summed E-state index contributed by atoms with van der Waals surface area (Å²) in [6.45, 7) is 5.69. The van der Waals surface area contributed by atoms with Crippen molar-refractivity contribution in [1.29, 1.82) is 0 Å². The Balaban J connectivity index is 1.90. The van der Waals surface area contributed by atoms with Gasteiger partial charge in [0.05, 0.1) is 17.6 Å². The number of rotatable bonds is 5. The van der Waals surface area contributed by atoms with E-state index in [9.17, 15) is 14.4 Å². The van der Waals surface area contributed by atoms with Crippen molar-refractivity contribution < 1.29 is 23.5 Å². The number of nitrogens with zero attached hydrogens (tertiary/aromatic N) is 1. The van der Waals surface area contributed by atoms with Crippen LogP contribution in [0.4, 0.5) is 4.79 Å². The van der Waals surface area contributed by atoms with Crippen molar-refractivity contribution in [1.82, 2.24) is 4.90 Å². The number of carbonyl (C=O) groups excluding carboxylic acids is 3. The smallest absolute Gasteiger partial charge is 0.337 e. The lowest BCUT2D eigenvalue weighted by molar-refractivity contribution is -0.124. The molecule has 1 atom stereocenters. The number of hydrogen-bond acceptors (Lipinski definition) is 6. The minimum Gasteiger partial charge on any atom is -0.465 e. The van der Waals surface area contributed by atoms with Crippen molar-refractivity contribution in [2.45, 2.75) is 33.2 Å². The van der Waals surface area contributed by atoms with Gasteiger partial charge in [0.1, 0.15) is 11.5 Å². The number of hydrogen-bond donors (Lipinski definition) is 0. The standard InChI is InChI=1S/C21H21NO5S/c1-5-13(3)22-19(23)18(28-21(22)25)11-15-8-9-17(27-15)16-10-14(20(24)26-4)7-6-12(16)2/h6-11,13H,5H2,1-4H3/b18-11+/t13-/m1/s1. The highest BCUT2D eigenvalue weighted by Gasteiger charge is 2.37. The molecule has 0 bridgehead atoms. The number of esters is 1. The quantitative estimate of drug-likeness (QED) is 0.527. The van der Waals surface area contributed by atoms with Crippen molar-refractivity contribution in [2.75, 3.05) is 7.11 Å². The maximum atomic E-state index is 12.5. The highest BCUT2D eigenvalue weighted by atomic mass is 32.2. The summed E-state index contributed by atoms with van der Waals surface area (Å²) in [5.41, 5.74) is 2.12. The molecule has 2 heterocycles. The number of aryl methyl sites for hydroxylation is 1. The van der Waals surface area contributed by atoms with Gasteiger partial charge in [-0.15, -0.1) is 0 Å². The third kappa shape index (κ3) is 3.75. The summed E-state index contributed by atoms with van der Waals surface area (Å²) in [6.07, 6.45) is 2.28. The van der Waals surface area contributed by atoms with E-state index in [1.165, 1.54) is 12.0 Å². The van der Waals surface area contributed by atoms with Gasteiger partial charge >= 0.3 is 5.97 Å². The molecule has 146 valence electrons. The van der Waals surface area contributed by atoms with Crippen LogP contribution in [-0.4, -0.2) is 35.2 Å². The molecule has 0 N–H and O–H groups in total. The first-order valence-electron chi connectivity index (χ1n) is 8.92. The van der Waals surface area contributed by atoms with Crippen LogP contribution >= 0.6 is 11.8 Å². The van der Waals surface area contributed by atoms with Gasteiger partial charge in [0, 0.05) is 17.7 Å². The van der Waals surface area contributed by atoms with Gasteiger partial charge in [0.15, 0.2) is 0 Å². The van der Waals surface area contributed by atoms with Gasteiger partial charge in [-0.3, -0.25) is 14.5 Å². The largest absolute Gasteiger partial charge is 0.465 e. The molecular formula is C21H21NO5S. The second kappa shape index (κ2) is 8.06. The molecule has 0 radical (unpaired) electrons. The molecule has 3 rings (SSSR count). The summed E-state index contributed by atoms with van der Waals surface area (Å²) in [5.74, 6) is 0.307. The first-order valence-corrected chi connectivity index (χ1v) is 9.73. The lowest BCUT2D eigenvalue weighted by atomic mass is 10.0. The molecule has 0 aliphatic carbocycles. The molecule has 1 aromatic heterocycles. The Hall–Kier alpha value is -2.80. The monoisotopic (exact) mass is 399 g/mol. The molecule has 28 heavy (non-hydrogen) atoms. The fourth-order valence-corrected chi connectivity index (χ4v) is 3.79. The van der Waals surface area contributed by atoms with Gasteiger partial charge in [0.25, 0.3) is 11.1 Å². The molecule has 1 aliphatic heterocycles. The van der Waals surface area contributed by atoms with Crippen LogP contribution in [0, 0.1) is 6.92 Å². The maximum absolute atomic E-state index is 12.5. The van der Waals surface area contributed by atoms with Crippen LogP contribution in [0.25, 0.3) is 17.4 Å². The van der Waals surface area contributed by atoms with Gasteiger partial charge in [-0.25, -0.2) is 4.79 Å². The second-order valence-corrected chi connectivity index (χ2v) is 7.53. The Morgan fingerprint density at radius 3 is 2.71 bits per heavy atom. The summed E-state index contributed by atoms with van der Waals surface area (Å²) in [5, 5.41) is -0.265. The fourth-order valence-electron chi connectivity index (χ4n) is 2.88. The Labute approximate surface area is 167 Å². The average Bonchev–Trinajstić information content (AvgIpc) is 3.25. The minimum absolute atomic E-state index is 0.144. The summed E-state index contributed by atoms with van der Waals surface area (Å²) in [6, 6.07) is 8.58. The first-order chi connectivity index (χ1) is 13.3. The highest BCUT2D eigenvalue weighted by Crippen LogP contribution is 2.35. The molecule has 1 aromatic carbocycles. The lowest BCUT2D eigenvalue weighted by Gasteiger charge is -2.19. The molecule has 6 nitrogen and oxygen atoms in total. The zero-order valence-electron chi connectivity index (χ0n) is 16.1. The Morgan fingerprint density at radius 2 is 2.04 bits per heavy atom. The van der Waals surface area contributed by atoms with E-state index in [0.717, 1.165) is 22.9 Å². The molecule has 0 spiro atoms. The van der Waals surface area contributed by atoms with Crippen molar-refractivity contribution >= 4 is 35.0 Å². The van der Waals surface area contributed by atoms with Crippen molar-refractivity contribution in [3.8, 4) is 11.3 Å². The van der Waals surface area contributed by atoms with Crippen LogP contribution in [-0.2, 0) is 9.53 Å². The molecular weight excluding hydrogens is 378 g/mol. The fraction of sp³-hybridized carbons (Fsp3) is 0.286. The molecule has 2 amide bonds. The number of methoxy groups -OCH3 is 1. The van der Waals surface area contributed by atoms with Crippen LogP contribution < -0.4 is 0 Å². The zero-order chi connectivity index (χ0) is 20.4. The van der Waals surface area contributed by atoms with E-state index < -0.39 is 5.97 Å². The summed E-state index contributed by atoms with van der Waals surface area (Å²) in [4.78, 5) is 38.1. The van der Waals surface area contributed by atoms with E-state index in [1.807, 2.05) is 26.8 Å². The summed E-state index contributed by atoms with van der Waals surface area (Å²) >= 11 is 0.915. The molecule has 1 fully saturated rings. The maximum Gasteiger partial charge on any atom is 0.337 e. The van der Waals surface area contributed by atoms with E-state index >= 15 is 0 Å². The van der Waals surface area contributed by atoms with Crippen molar-refractivity contribution in [2.24, 2.45) is 0 Å². The van der Waals surface area contributed by atoms with Gasteiger partial charge < -0.3 is 9.15 Å². The normalized spacial score (nSPS) is 16.7. The number of imide groups is 1. The predicted molar refractivity (Wildman–Crippen MR) is 108 cm³/mol. The molecule has 0 unspecified atom stereocenters. The summed E-state index contributed by atoms with van der Waals surface area (Å²) in [7, 11) is 1.33. The first kappa shape index (κ1) is 19.9. The number of furan rings is 1. The number of thioether (sulfide) groups is 1. The van der Waals surface area contributed by atoms with Gasteiger partial charge in [-0.1, -0.05) is 13.0 Å².